The zero-order chi connectivity index (χ0) is 17.5. The fourth-order valence-corrected chi connectivity index (χ4v) is 3.78. The van der Waals surface area contributed by atoms with Gasteiger partial charge in [-0.15, -0.1) is 0 Å². The van der Waals surface area contributed by atoms with E-state index in [-0.39, 0.29) is 30.3 Å². The molecular weight excluding hydrogens is 321 g/mol. The Labute approximate surface area is 138 Å². The first-order chi connectivity index (χ1) is 11.3. The topological polar surface area (TPSA) is 52.6 Å². The molecular formula is C17H21F3N2O2. The van der Waals surface area contributed by atoms with Crippen LogP contribution in [0.3, 0.4) is 0 Å². The number of fused-ring (bicyclic) bond motifs is 2. The second kappa shape index (κ2) is 6.27. The smallest absolute Gasteiger partial charge is 0.393 e. The molecule has 3 atom stereocenters. The number of nitrogens with zero attached hydrogens (tertiary/aromatic N) is 1. The first kappa shape index (κ1) is 17.1. The summed E-state index contributed by atoms with van der Waals surface area (Å²) in [6.45, 7) is 1.75. The summed E-state index contributed by atoms with van der Waals surface area (Å²) in [6.07, 6.45) is -1.73. The fraction of sp³-hybridized carbons (Fsp3) is 0.588. The highest BCUT2D eigenvalue weighted by molar-refractivity contribution is 5.76. The van der Waals surface area contributed by atoms with E-state index < -0.39 is 11.7 Å². The summed E-state index contributed by atoms with van der Waals surface area (Å²) in [4.78, 5) is 14.3. The maximum Gasteiger partial charge on any atom is 0.416 e. The van der Waals surface area contributed by atoms with Gasteiger partial charge in [-0.25, -0.2) is 4.79 Å². The van der Waals surface area contributed by atoms with E-state index in [0.717, 1.165) is 25.0 Å². The van der Waals surface area contributed by atoms with Crippen LogP contribution in [0.25, 0.3) is 0 Å². The summed E-state index contributed by atoms with van der Waals surface area (Å²) in [7, 11) is 0. The summed E-state index contributed by atoms with van der Waals surface area (Å²) in [5, 5.41) is 12.7. The summed E-state index contributed by atoms with van der Waals surface area (Å²) in [5.41, 5.74) is -0.0754. The maximum atomic E-state index is 12.6. The lowest BCUT2D eigenvalue weighted by atomic mass is 10.0. The van der Waals surface area contributed by atoms with Crippen LogP contribution in [0.1, 0.15) is 49.8 Å². The summed E-state index contributed by atoms with van der Waals surface area (Å²) < 4.78 is 37.8. The van der Waals surface area contributed by atoms with Crippen molar-refractivity contribution in [2.75, 3.05) is 0 Å². The molecule has 0 aliphatic carbocycles. The van der Waals surface area contributed by atoms with Crippen LogP contribution < -0.4 is 5.32 Å². The van der Waals surface area contributed by atoms with Gasteiger partial charge in [-0.1, -0.05) is 12.1 Å². The highest BCUT2D eigenvalue weighted by atomic mass is 19.4. The summed E-state index contributed by atoms with van der Waals surface area (Å²) >= 11 is 0. The zero-order valence-corrected chi connectivity index (χ0v) is 13.4. The van der Waals surface area contributed by atoms with Crippen molar-refractivity contribution in [2.24, 2.45) is 0 Å². The number of alkyl halides is 3. The number of amides is 2. The molecule has 2 unspecified atom stereocenters. The van der Waals surface area contributed by atoms with Crippen LogP contribution in [-0.4, -0.2) is 34.2 Å². The number of hydrogen-bond donors (Lipinski definition) is 2. The predicted octanol–water partition coefficient (Wildman–Crippen LogP) is 3.46. The molecule has 2 fully saturated rings. The lowest BCUT2D eigenvalue weighted by molar-refractivity contribution is -0.137. The van der Waals surface area contributed by atoms with Crippen molar-refractivity contribution >= 4 is 6.03 Å². The van der Waals surface area contributed by atoms with Crippen LogP contribution in [0, 0.1) is 0 Å². The van der Waals surface area contributed by atoms with E-state index in [0.29, 0.717) is 18.4 Å². The van der Waals surface area contributed by atoms with E-state index in [1.54, 1.807) is 11.8 Å². The van der Waals surface area contributed by atoms with Crippen LogP contribution in [0.5, 0.6) is 0 Å². The van der Waals surface area contributed by atoms with Crippen LogP contribution in [0.15, 0.2) is 24.3 Å². The minimum Gasteiger partial charge on any atom is -0.393 e. The number of halogens is 3. The largest absolute Gasteiger partial charge is 0.416 e. The lowest BCUT2D eigenvalue weighted by Crippen LogP contribution is -2.52. The van der Waals surface area contributed by atoms with Gasteiger partial charge < -0.3 is 15.3 Å². The Morgan fingerprint density at radius 3 is 2.25 bits per heavy atom. The van der Waals surface area contributed by atoms with Gasteiger partial charge in [0.15, 0.2) is 0 Å². The Morgan fingerprint density at radius 2 is 1.75 bits per heavy atom. The normalized spacial score (nSPS) is 27.9. The third-order valence-electron chi connectivity index (χ3n) is 5.02. The Bertz CT molecular complexity index is 589. The van der Waals surface area contributed by atoms with E-state index in [2.05, 4.69) is 5.32 Å². The molecule has 0 saturated carbocycles. The molecule has 0 radical (unpaired) electrons. The first-order valence-electron chi connectivity index (χ1n) is 8.19. The third kappa shape index (κ3) is 3.36. The number of rotatable bonds is 2. The van der Waals surface area contributed by atoms with Crippen molar-refractivity contribution in [1.29, 1.82) is 0 Å². The summed E-state index contributed by atoms with van der Waals surface area (Å²) in [6, 6.07) is 4.35. The maximum absolute atomic E-state index is 12.6. The molecule has 2 amide bonds. The molecule has 24 heavy (non-hydrogen) atoms. The number of carbonyl (C=O) groups excluding carboxylic acids is 1. The third-order valence-corrected chi connectivity index (χ3v) is 5.02. The van der Waals surface area contributed by atoms with Gasteiger partial charge in [0.1, 0.15) is 0 Å². The van der Waals surface area contributed by atoms with Crippen LogP contribution >= 0.6 is 0 Å². The van der Waals surface area contributed by atoms with E-state index in [1.165, 1.54) is 12.1 Å². The number of carbonyl (C=O) groups is 1. The molecule has 1 aromatic carbocycles. The van der Waals surface area contributed by atoms with Gasteiger partial charge in [0.2, 0.25) is 0 Å². The minimum atomic E-state index is -4.36. The highest BCUT2D eigenvalue weighted by Gasteiger charge is 2.43. The van der Waals surface area contributed by atoms with Crippen LogP contribution in [-0.2, 0) is 6.18 Å². The molecule has 2 bridgehead atoms. The van der Waals surface area contributed by atoms with Gasteiger partial charge in [-0.05, 0) is 50.3 Å². The highest BCUT2D eigenvalue weighted by Crippen LogP contribution is 2.36. The van der Waals surface area contributed by atoms with Crippen LogP contribution in [0.4, 0.5) is 18.0 Å². The fourth-order valence-electron chi connectivity index (χ4n) is 3.78. The van der Waals surface area contributed by atoms with Crippen LogP contribution in [0.2, 0.25) is 0 Å². The Kier molecular flexibility index (Phi) is 4.46. The number of urea groups is 1. The van der Waals surface area contributed by atoms with Gasteiger partial charge in [0, 0.05) is 12.1 Å². The molecule has 0 aromatic heterocycles. The SMILES string of the molecule is C[C@@H](NC(=O)N1C2CCC1CC(O)C2)c1ccc(C(F)(F)F)cc1. The molecule has 4 nitrogen and oxygen atoms in total. The zero-order valence-electron chi connectivity index (χ0n) is 13.4. The molecule has 2 aliphatic heterocycles. The van der Waals surface area contributed by atoms with Crippen molar-refractivity contribution in [3.63, 3.8) is 0 Å². The van der Waals surface area contributed by atoms with Gasteiger partial charge in [0.05, 0.1) is 17.7 Å². The molecule has 2 aliphatic rings. The number of benzene rings is 1. The molecule has 0 spiro atoms. The Morgan fingerprint density at radius 1 is 1.21 bits per heavy atom. The molecule has 3 rings (SSSR count). The van der Waals surface area contributed by atoms with E-state index in [9.17, 15) is 23.1 Å². The average Bonchev–Trinajstić information content (AvgIpc) is 2.78. The van der Waals surface area contributed by atoms with Gasteiger partial charge in [-0.2, -0.15) is 13.2 Å². The van der Waals surface area contributed by atoms with Gasteiger partial charge in [0.25, 0.3) is 0 Å². The second-order valence-electron chi connectivity index (χ2n) is 6.71. The molecule has 132 valence electrons. The molecule has 2 heterocycles. The lowest BCUT2D eigenvalue weighted by Gasteiger charge is -2.37. The quantitative estimate of drug-likeness (QED) is 0.865. The Balaban J connectivity index is 1.64. The van der Waals surface area contributed by atoms with Crippen molar-refractivity contribution in [3.05, 3.63) is 35.4 Å². The number of aliphatic hydroxyl groups excluding tert-OH is 1. The molecule has 2 saturated heterocycles. The van der Waals surface area contributed by atoms with Gasteiger partial charge in [-0.3, -0.25) is 0 Å². The number of nitrogens with one attached hydrogen (secondary N) is 1. The molecule has 2 N–H and O–H groups in total. The Hall–Kier alpha value is -1.76. The van der Waals surface area contributed by atoms with Gasteiger partial charge >= 0.3 is 12.2 Å². The van der Waals surface area contributed by atoms with Crippen molar-refractivity contribution in [1.82, 2.24) is 10.2 Å². The van der Waals surface area contributed by atoms with Crippen molar-refractivity contribution in [2.45, 2.75) is 63.0 Å². The monoisotopic (exact) mass is 342 g/mol. The minimum absolute atomic E-state index is 0.0542. The summed E-state index contributed by atoms with van der Waals surface area (Å²) in [5.74, 6) is 0. The molecule has 1 aromatic rings. The predicted molar refractivity (Wildman–Crippen MR) is 82.3 cm³/mol. The van der Waals surface area contributed by atoms with E-state index >= 15 is 0 Å². The first-order valence-corrected chi connectivity index (χ1v) is 8.19. The second-order valence-corrected chi connectivity index (χ2v) is 6.71. The molecule has 7 heteroatoms. The number of piperidine rings is 1. The van der Waals surface area contributed by atoms with Crippen molar-refractivity contribution in [3.8, 4) is 0 Å². The standard InChI is InChI=1S/C17H21F3N2O2/c1-10(11-2-4-12(5-3-11)17(18,19)20)21-16(24)22-13-6-7-14(22)9-15(23)8-13/h2-5,10,13-15,23H,6-9H2,1H3,(H,21,24)/t10-,13?,14?,15?/m1/s1. The number of aliphatic hydroxyl groups is 1. The number of hydrogen-bond acceptors (Lipinski definition) is 2. The van der Waals surface area contributed by atoms with E-state index in [4.69, 9.17) is 0 Å². The average molecular weight is 342 g/mol. The van der Waals surface area contributed by atoms with Crippen molar-refractivity contribution < 1.29 is 23.1 Å². The van der Waals surface area contributed by atoms with E-state index in [1.807, 2.05) is 0 Å².